The molecule has 0 heterocycles. The summed E-state index contributed by atoms with van der Waals surface area (Å²) in [5.41, 5.74) is 5.64. The maximum Gasteiger partial charge on any atom is 0.322 e. The molecule has 21 heavy (non-hydrogen) atoms. The van der Waals surface area contributed by atoms with Crippen molar-refractivity contribution < 1.29 is 24.3 Å². The summed E-state index contributed by atoms with van der Waals surface area (Å²) >= 11 is 0. The number of benzene rings is 1. The molecule has 0 bridgehead atoms. The molecule has 0 fully saturated rings. The Morgan fingerprint density at radius 3 is 2.14 bits per heavy atom. The maximum atomic E-state index is 11.7. The van der Waals surface area contributed by atoms with E-state index in [1.165, 1.54) is 24.3 Å². The Bertz CT molecular complexity index is 555. The minimum atomic E-state index is -1.17. The van der Waals surface area contributed by atoms with E-state index >= 15 is 0 Å². The van der Waals surface area contributed by atoms with E-state index in [2.05, 4.69) is 16.0 Å². The fourth-order valence-electron chi connectivity index (χ4n) is 1.35. The zero-order chi connectivity index (χ0) is 15.8. The minimum Gasteiger partial charge on any atom is -0.480 e. The molecule has 4 amide bonds. The number of nitrogens with one attached hydrogen (secondary N) is 3. The second-order valence-corrected chi connectivity index (χ2v) is 3.92. The van der Waals surface area contributed by atoms with Gasteiger partial charge in [0.25, 0.3) is 5.91 Å². The molecule has 9 heteroatoms. The van der Waals surface area contributed by atoms with Crippen molar-refractivity contribution in [1.82, 2.24) is 10.6 Å². The van der Waals surface area contributed by atoms with Gasteiger partial charge in [-0.05, 0) is 24.3 Å². The highest BCUT2D eigenvalue weighted by Gasteiger charge is 2.09. The van der Waals surface area contributed by atoms with Crippen LogP contribution in [0.1, 0.15) is 10.4 Å². The van der Waals surface area contributed by atoms with Gasteiger partial charge in [-0.25, -0.2) is 4.79 Å². The van der Waals surface area contributed by atoms with E-state index in [9.17, 15) is 19.2 Å². The number of aliphatic carboxylic acids is 1. The van der Waals surface area contributed by atoms with Crippen molar-refractivity contribution in [2.75, 3.05) is 18.4 Å². The summed E-state index contributed by atoms with van der Waals surface area (Å²) in [5.74, 6) is -2.30. The molecule has 0 aliphatic rings. The number of carbonyl (C=O) groups is 4. The second kappa shape index (κ2) is 7.48. The maximum absolute atomic E-state index is 11.7. The Morgan fingerprint density at radius 1 is 1.00 bits per heavy atom. The van der Waals surface area contributed by atoms with E-state index in [4.69, 9.17) is 10.8 Å². The van der Waals surface area contributed by atoms with Gasteiger partial charge in [-0.2, -0.15) is 0 Å². The van der Waals surface area contributed by atoms with E-state index in [-0.39, 0.29) is 12.1 Å². The van der Waals surface area contributed by atoms with Gasteiger partial charge in [0, 0.05) is 11.3 Å². The Balaban J connectivity index is 2.46. The lowest BCUT2D eigenvalue weighted by molar-refractivity contribution is -0.137. The van der Waals surface area contributed by atoms with E-state index in [0.29, 0.717) is 5.69 Å². The van der Waals surface area contributed by atoms with Crippen molar-refractivity contribution in [2.45, 2.75) is 0 Å². The molecule has 1 aromatic rings. The van der Waals surface area contributed by atoms with Crippen LogP contribution in [0.2, 0.25) is 0 Å². The summed E-state index contributed by atoms with van der Waals surface area (Å²) in [6, 6.07) is 5.11. The number of carboxylic acid groups (broad SMARTS) is 1. The summed E-state index contributed by atoms with van der Waals surface area (Å²) in [5, 5.41) is 15.1. The number of amides is 4. The molecule has 0 aliphatic carbocycles. The molecule has 6 N–H and O–H groups in total. The number of urea groups is 1. The average Bonchev–Trinajstić information content (AvgIpc) is 2.42. The van der Waals surface area contributed by atoms with Gasteiger partial charge < -0.3 is 26.8 Å². The fourth-order valence-corrected chi connectivity index (χ4v) is 1.35. The third kappa shape index (κ3) is 6.05. The van der Waals surface area contributed by atoms with Crippen molar-refractivity contribution in [2.24, 2.45) is 5.73 Å². The molecule has 0 saturated carbocycles. The number of anilines is 1. The molecular weight excluding hydrogens is 280 g/mol. The normalized spacial score (nSPS) is 9.52. The van der Waals surface area contributed by atoms with Gasteiger partial charge >= 0.3 is 12.0 Å². The van der Waals surface area contributed by atoms with Gasteiger partial charge in [-0.1, -0.05) is 0 Å². The van der Waals surface area contributed by atoms with E-state index in [1.54, 1.807) is 0 Å². The molecule has 1 rings (SSSR count). The Hall–Kier alpha value is -3.10. The molecule has 0 atom stereocenters. The van der Waals surface area contributed by atoms with Gasteiger partial charge in [0.2, 0.25) is 5.91 Å². The third-order valence-corrected chi connectivity index (χ3v) is 2.26. The Labute approximate surface area is 119 Å². The first-order chi connectivity index (χ1) is 9.88. The number of nitrogens with two attached hydrogens (primary N) is 1. The standard InChI is InChI=1S/C12H14N4O5/c13-12(21)16-8-3-1-7(2-4-8)11(20)15-5-9(17)14-6-10(18)19/h1-4H,5-6H2,(H,14,17)(H,15,20)(H,18,19)(H3,13,16,21). The summed E-state index contributed by atoms with van der Waals surface area (Å²) in [4.78, 5) is 43.8. The zero-order valence-corrected chi connectivity index (χ0v) is 10.9. The van der Waals surface area contributed by atoms with Gasteiger partial charge in [0.05, 0.1) is 6.54 Å². The first-order valence-electron chi connectivity index (χ1n) is 5.81. The number of hydrogen-bond donors (Lipinski definition) is 5. The second-order valence-electron chi connectivity index (χ2n) is 3.92. The number of carbonyl (C=O) groups excluding carboxylic acids is 3. The van der Waals surface area contributed by atoms with E-state index in [0.717, 1.165) is 0 Å². The lowest BCUT2D eigenvalue weighted by Gasteiger charge is -2.06. The number of hydrogen-bond acceptors (Lipinski definition) is 4. The fraction of sp³-hybridized carbons (Fsp3) is 0.167. The largest absolute Gasteiger partial charge is 0.480 e. The zero-order valence-electron chi connectivity index (χ0n) is 10.9. The van der Waals surface area contributed by atoms with Crippen LogP contribution in [0.25, 0.3) is 0 Å². The molecule has 0 radical (unpaired) electrons. The van der Waals surface area contributed by atoms with Crippen molar-refractivity contribution in [3.63, 3.8) is 0 Å². The number of rotatable bonds is 6. The summed E-state index contributed by atoms with van der Waals surface area (Å²) in [7, 11) is 0. The van der Waals surface area contributed by atoms with Gasteiger partial charge in [0.15, 0.2) is 0 Å². The highest BCUT2D eigenvalue weighted by Crippen LogP contribution is 2.08. The lowest BCUT2D eigenvalue weighted by atomic mass is 10.2. The van der Waals surface area contributed by atoms with Crippen LogP contribution >= 0.6 is 0 Å². The topological polar surface area (TPSA) is 151 Å². The van der Waals surface area contributed by atoms with Crippen LogP contribution in [-0.4, -0.2) is 42.0 Å². The van der Waals surface area contributed by atoms with Crippen LogP contribution in [0.15, 0.2) is 24.3 Å². The predicted molar refractivity (Wildman–Crippen MR) is 72.6 cm³/mol. The third-order valence-electron chi connectivity index (χ3n) is 2.26. The summed E-state index contributed by atoms with van der Waals surface area (Å²) in [6.07, 6.45) is 0. The molecule has 1 aromatic carbocycles. The van der Waals surface area contributed by atoms with Crippen LogP contribution in [0.5, 0.6) is 0 Å². The van der Waals surface area contributed by atoms with Crippen molar-refractivity contribution >= 4 is 29.5 Å². The van der Waals surface area contributed by atoms with Gasteiger partial charge in [-0.15, -0.1) is 0 Å². The monoisotopic (exact) mass is 294 g/mol. The number of carboxylic acids is 1. The smallest absolute Gasteiger partial charge is 0.322 e. The minimum absolute atomic E-state index is 0.274. The predicted octanol–water partition coefficient (Wildman–Crippen LogP) is -0.892. The molecule has 0 aliphatic heterocycles. The van der Waals surface area contributed by atoms with Crippen LogP contribution in [0.3, 0.4) is 0 Å². The van der Waals surface area contributed by atoms with Crippen LogP contribution in [0, 0.1) is 0 Å². The first kappa shape index (κ1) is 16.0. The van der Waals surface area contributed by atoms with Crippen LogP contribution in [0.4, 0.5) is 10.5 Å². The quantitative estimate of drug-likeness (QED) is 0.461. The SMILES string of the molecule is NC(=O)Nc1ccc(C(=O)NCC(=O)NCC(=O)O)cc1. The van der Waals surface area contributed by atoms with Crippen LogP contribution < -0.4 is 21.7 Å². The van der Waals surface area contributed by atoms with E-state index in [1.807, 2.05) is 0 Å². The van der Waals surface area contributed by atoms with Crippen LogP contribution in [-0.2, 0) is 9.59 Å². The average molecular weight is 294 g/mol. The number of primary amides is 1. The molecule has 0 aromatic heterocycles. The molecule has 9 nitrogen and oxygen atoms in total. The summed E-state index contributed by atoms with van der Waals surface area (Å²) < 4.78 is 0. The van der Waals surface area contributed by atoms with Gasteiger partial charge in [-0.3, -0.25) is 14.4 Å². The van der Waals surface area contributed by atoms with E-state index < -0.39 is 30.4 Å². The van der Waals surface area contributed by atoms with Gasteiger partial charge in [0.1, 0.15) is 6.54 Å². The summed E-state index contributed by atoms with van der Waals surface area (Å²) in [6.45, 7) is -0.852. The van der Waals surface area contributed by atoms with Crippen molar-refractivity contribution in [3.05, 3.63) is 29.8 Å². The van der Waals surface area contributed by atoms with Crippen molar-refractivity contribution in [3.8, 4) is 0 Å². The Kier molecular flexibility index (Phi) is 5.68. The highest BCUT2D eigenvalue weighted by atomic mass is 16.4. The Morgan fingerprint density at radius 2 is 1.62 bits per heavy atom. The first-order valence-corrected chi connectivity index (χ1v) is 5.81. The molecule has 0 unspecified atom stereocenters. The molecule has 112 valence electrons. The lowest BCUT2D eigenvalue weighted by Crippen LogP contribution is -2.39. The van der Waals surface area contributed by atoms with Crippen molar-refractivity contribution in [1.29, 1.82) is 0 Å². The highest BCUT2D eigenvalue weighted by molar-refractivity contribution is 5.97. The molecule has 0 saturated heterocycles. The molecule has 0 spiro atoms. The molecular formula is C12H14N4O5.